The summed E-state index contributed by atoms with van der Waals surface area (Å²) < 4.78 is 0. The van der Waals surface area contributed by atoms with Gasteiger partial charge >= 0.3 is 0 Å². The summed E-state index contributed by atoms with van der Waals surface area (Å²) in [5.41, 5.74) is 4.17. The van der Waals surface area contributed by atoms with Crippen LogP contribution in [0.4, 0.5) is 17.3 Å². The monoisotopic (exact) mass is 388 g/mol. The van der Waals surface area contributed by atoms with E-state index >= 15 is 0 Å². The van der Waals surface area contributed by atoms with Crippen LogP contribution in [0.5, 0.6) is 0 Å². The van der Waals surface area contributed by atoms with Crippen molar-refractivity contribution in [3.05, 3.63) is 71.8 Å². The molecule has 148 valence electrons. The van der Waals surface area contributed by atoms with Gasteiger partial charge in [0.1, 0.15) is 5.69 Å². The predicted molar refractivity (Wildman–Crippen MR) is 113 cm³/mol. The molecule has 7 nitrogen and oxygen atoms in total. The van der Waals surface area contributed by atoms with Crippen molar-refractivity contribution in [2.24, 2.45) is 0 Å². The number of anilines is 3. The number of nitrogens with zero attached hydrogens (tertiary/aromatic N) is 4. The van der Waals surface area contributed by atoms with Crippen molar-refractivity contribution in [3.63, 3.8) is 0 Å². The van der Waals surface area contributed by atoms with Crippen LogP contribution >= 0.6 is 0 Å². The maximum Gasteiger partial charge on any atom is 0.270 e. The van der Waals surface area contributed by atoms with Gasteiger partial charge < -0.3 is 15.5 Å². The third kappa shape index (κ3) is 4.87. The maximum atomic E-state index is 12.5. The molecule has 0 saturated carbocycles. The Morgan fingerprint density at radius 2 is 1.76 bits per heavy atom. The molecule has 0 spiro atoms. The highest BCUT2D eigenvalue weighted by Gasteiger charge is 2.13. The lowest BCUT2D eigenvalue weighted by molar-refractivity contribution is 0.0945. The van der Waals surface area contributed by atoms with Crippen LogP contribution in [0.2, 0.25) is 0 Å². The van der Waals surface area contributed by atoms with Crippen molar-refractivity contribution < 1.29 is 4.79 Å². The largest absolute Gasteiger partial charge is 0.372 e. The molecule has 0 unspecified atom stereocenters. The minimum absolute atomic E-state index is 0.236. The second kappa shape index (κ2) is 8.68. The summed E-state index contributed by atoms with van der Waals surface area (Å²) in [4.78, 5) is 27.7. The molecule has 4 rings (SSSR count). The molecule has 29 heavy (non-hydrogen) atoms. The third-order valence-electron chi connectivity index (χ3n) is 4.88. The van der Waals surface area contributed by atoms with Crippen molar-refractivity contribution in [1.82, 2.24) is 20.3 Å². The van der Waals surface area contributed by atoms with Crippen molar-refractivity contribution >= 4 is 23.2 Å². The molecule has 3 heterocycles. The van der Waals surface area contributed by atoms with E-state index in [1.807, 2.05) is 31.2 Å². The summed E-state index contributed by atoms with van der Waals surface area (Å²) in [6, 6.07) is 13.7. The Bertz CT molecular complexity index is 968. The number of nitrogens with one attached hydrogen (secondary N) is 2. The number of carbonyl (C=O) groups excluding carboxylic acids is 1. The number of rotatable bonds is 6. The minimum atomic E-state index is -0.236. The average Bonchev–Trinajstić information content (AvgIpc) is 3.28. The minimum Gasteiger partial charge on any atom is -0.372 e. The lowest BCUT2D eigenvalue weighted by atomic mass is 10.2. The molecule has 1 aromatic carbocycles. The van der Waals surface area contributed by atoms with E-state index in [-0.39, 0.29) is 5.91 Å². The van der Waals surface area contributed by atoms with Crippen LogP contribution in [0, 0.1) is 6.92 Å². The van der Waals surface area contributed by atoms with Crippen LogP contribution in [0.25, 0.3) is 0 Å². The number of pyridine rings is 1. The predicted octanol–water partition coefficient (Wildman–Crippen LogP) is 3.45. The third-order valence-corrected chi connectivity index (χ3v) is 4.88. The highest BCUT2D eigenvalue weighted by Crippen LogP contribution is 2.23. The van der Waals surface area contributed by atoms with Crippen LogP contribution < -0.4 is 15.5 Å². The van der Waals surface area contributed by atoms with Crippen molar-refractivity contribution in [2.45, 2.75) is 26.3 Å². The molecule has 7 heteroatoms. The number of aryl methyl sites for hydroxylation is 1. The second-order valence-electron chi connectivity index (χ2n) is 7.12. The quantitative estimate of drug-likeness (QED) is 0.673. The molecule has 1 aliphatic rings. The average molecular weight is 388 g/mol. The Hall–Kier alpha value is -3.48. The van der Waals surface area contributed by atoms with Gasteiger partial charge in [-0.1, -0.05) is 0 Å². The molecule has 0 atom stereocenters. The summed E-state index contributed by atoms with van der Waals surface area (Å²) in [5, 5.41) is 6.08. The van der Waals surface area contributed by atoms with Gasteiger partial charge in [-0.3, -0.25) is 9.78 Å². The number of benzene rings is 1. The van der Waals surface area contributed by atoms with E-state index < -0.39 is 0 Å². The van der Waals surface area contributed by atoms with Gasteiger partial charge in [0.15, 0.2) is 0 Å². The van der Waals surface area contributed by atoms with Crippen molar-refractivity contribution in [1.29, 1.82) is 0 Å². The van der Waals surface area contributed by atoms with Gasteiger partial charge in [-0.05, 0) is 67.8 Å². The number of hydrogen-bond donors (Lipinski definition) is 2. The number of carbonyl (C=O) groups is 1. The fraction of sp³-hybridized carbons (Fsp3) is 0.273. The molecule has 2 N–H and O–H groups in total. The molecular weight excluding hydrogens is 364 g/mol. The van der Waals surface area contributed by atoms with E-state index in [2.05, 4.69) is 42.6 Å². The van der Waals surface area contributed by atoms with Gasteiger partial charge in [0.05, 0.1) is 0 Å². The van der Waals surface area contributed by atoms with Crippen molar-refractivity contribution in [3.8, 4) is 0 Å². The number of hydrogen-bond acceptors (Lipinski definition) is 6. The van der Waals surface area contributed by atoms with Gasteiger partial charge in [-0.15, -0.1) is 0 Å². The maximum absolute atomic E-state index is 12.5. The molecule has 1 saturated heterocycles. The molecule has 1 fully saturated rings. The fourth-order valence-electron chi connectivity index (χ4n) is 3.37. The van der Waals surface area contributed by atoms with E-state index in [4.69, 9.17) is 0 Å². The Morgan fingerprint density at radius 1 is 1.03 bits per heavy atom. The van der Waals surface area contributed by atoms with Gasteiger partial charge in [0.25, 0.3) is 5.91 Å². The zero-order valence-corrected chi connectivity index (χ0v) is 16.4. The highest BCUT2D eigenvalue weighted by molar-refractivity contribution is 5.92. The zero-order valence-electron chi connectivity index (χ0n) is 16.4. The SMILES string of the molecule is Cc1cc(C(=O)NCc2ccncc2)nc(Nc2ccc(N3CCCC3)cc2)n1. The van der Waals surface area contributed by atoms with Gasteiger partial charge in [0.2, 0.25) is 5.95 Å². The molecular formula is C22H24N6O. The zero-order chi connectivity index (χ0) is 20.1. The van der Waals surface area contributed by atoms with Crippen molar-refractivity contribution in [2.75, 3.05) is 23.3 Å². The highest BCUT2D eigenvalue weighted by atomic mass is 16.1. The first-order chi connectivity index (χ1) is 14.2. The van der Waals surface area contributed by atoms with E-state index in [0.717, 1.165) is 30.0 Å². The number of amides is 1. The first-order valence-electron chi connectivity index (χ1n) is 9.82. The normalized spacial score (nSPS) is 13.3. The molecule has 0 aliphatic carbocycles. The van der Waals surface area contributed by atoms with Gasteiger partial charge in [-0.2, -0.15) is 0 Å². The Morgan fingerprint density at radius 3 is 2.48 bits per heavy atom. The van der Waals surface area contributed by atoms with Gasteiger partial charge in [0, 0.05) is 49.1 Å². The Balaban J connectivity index is 1.43. The Labute approximate surface area is 170 Å². The van der Waals surface area contributed by atoms with Crippen LogP contribution in [0.15, 0.2) is 54.9 Å². The fourth-order valence-corrected chi connectivity index (χ4v) is 3.37. The number of aromatic nitrogens is 3. The first kappa shape index (κ1) is 18.9. The molecule has 0 radical (unpaired) electrons. The second-order valence-corrected chi connectivity index (χ2v) is 7.12. The van der Waals surface area contributed by atoms with Crippen LogP contribution in [-0.2, 0) is 6.54 Å². The summed E-state index contributed by atoms with van der Waals surface area (Å²) >= 11 is 0. The topological polar surface area (TPSA) is 83.0 Å². The summed E-state index contributed by atoms with van der Waals surface area (Å²) in [6.07, 6.45) is 5.91. The smallest absolute Gasteiger partial charge is 0.270 e. The molecule has 3 aromatic rings. The summed E-state index contributed by atoms with van der Waals surface area (Å²) in [5.74, 6) is 0.174. The van der Waals surface area contributed by atoms with E-state index in [1.54, 1.807) is 18.5 Å². The van der Waals surface area contributed by atoms with E-state index in [9.17, 15) is 4.79 Å². The standard InChI is InChI=1S/C22H24N6O/c1-16-14-20(21(29)24-15-17-8-10-23-11-9-17)27-22(25-16)26-18-4-6-19(7-5-18)28-12-2-3-13-28/h4-11,14H,2-3,12-13,15H2,1H3,(H,24,29)(H,25,26,27). The molecule has 2 aromatic heterocycles. The van der Waals surface area contributed by atoms with E-state index in [1.165, 1.54) is 18.5 Å². The Kier molecular flexibility index (Phi) is 5.65. The molecule has 1 aliphatic heterocycles. The molecule has 0 bridgehead atoms. The lowest BCUT2D eigenvalue weighted by Crippen LogP contribution is -2.24. The lowest BCUT2D eigenvalue weighted by Gasteiger charge is -2.17. The van der Waals surface area contributed by atoms with Crippen LogP contribution in [0.3, 0.4) is 0 Å². The van der Waals surface area contributed by atoms with E-state index in [0.29, 0.717) is 18.2 Å². The molecule has 1 amide bonds. The van der Waals surface area contributed by atoms with Gasteiger partial charge in [-0.25, -0.2) is 9.97 Å². The van der Waals surface area contributed by atoms with Crippen LogP contribution in [-0.4, -0.2) is 33.9 Å². The summed E-state index contributed by atoms with van der Waals surface area (Å²) in [6.45, 7) is 4.51. The van der Waals surface area contributed by atoms with Crippen LogP contribution in [0.1, 0.15) is 34.6 Å². The summed E-state index contributed by atoms with van der Waals surface area (Å²) in [7, 11) is 0. The first-order valence-corrected chi connectivity index (χ1v) is 9.82.